The van der Waals surface area contributed by atoms with Gasteiger partial charge in [-0.3, -0.25) is 34.2 Å². The summed E-state index contributed by atoms with van der Waals surface area (Å²) in [7, 11) is 0. The van der Waals surface area contributed by atoms with Gasteiger partial charge in [0.15, 0.2) is 0 Å². The topological polar surface area (TPSA) is 220 Å². The summed E-state index contributed by atoms with van der Waals surface area (Å²) in [5, 5.41) is 29.1. The quantitative estimate of drug-likeness (QED) is 0.0732. The molecule has 2 saturated heterocycles. The second kappa shape index (κ2) is 20.3. The summed E-state index contributed by atoms with van der Waals surface area (Å²) < 4.78 is 5.46. The van der Waals surface area contributed by atoms with E-state index in [2.05, 4.69) is 43.0 Å². The zero-order valence-electron chi connectivity index (χ0n) is 34.2. The Balaban J connectivity index is 0.758. The highest BCUT2D eigenvalue weighted by atomic mass is 35.5. The summed E-state index contributed by atoms with van der Waals surface area (Å²) in [5.41, 5.74) is 1.69. The SMILES string of the molecule is N#CC1(CNc2cccc(-c3cc(NC4CCC(NCCCCCCNC(=O)CNc5cccc6c5C(=O)N(C5CCC(=O)NC5=O)C6=O)CC4)ncc3Cl)n2)CCOCC1. The molecule has 0 spiro atoms. The molecule has 17 heteroatoms. The van der Waals surface area contributed by atoms with Crippen molar-refractivity contribution in [2.75, 3.05) is 55.3 Å². The van der Waals surface area contributed by atoms with Crippen LogP contribution in [0, 0.1) is 16.7 Å². The van der Waals surface area contributed by atoms with E-state index < -0.39 is 35.1 Å². The Morgan fingerprint density at radius 2 is 1.66 bits per heavy atom. The van der Waals surface area contributed by atoms with Gasteiger partial charge in [0.05, 0.1) is 39.9 Å². The van der Waals surface area contributed by atoms with E-state index in [1.165, 1.54) is 6.07 Å². The van der Waals surface area contributed by atoms with Crippen LogP contribution >= 0.6 is 11.6 Å². The first-order valence-electron chi connectivity index (χ1n) is 21.3. The fraction of sp³-hybridized carbons (Fsp3) is 0.500. The minimum atomic E-state index is -1.05. The molecule has 6 N–H and O–H groups in total. The first-order valence-corrected chi connectivity index (χ1v) is 21.7. The van der Waals surface area contributed by atoms with Crippen molar-refractivity contribution in [1.29, 1.82) is 5.26 Å². The first kappa shape index (κ1) is 43.5. The number of carbonyl (C=O) groups excluding carboxylic acids is 5. The van der Waals surface area contributed by atoms with Crippen LogP contribution < -0.4 is 31.9 Å². The Hall–Kier alpha value is -5.63. The van der Waals surface area contributed by atoms with Gasteiger partial charge in [-0.2, -0.15) is 5.26 Å². The van der Waals surface area contributed by atoms with Crippen molar-refractivity contribution in [3.05, 3.63) is 64.8 Å². The molecule has 1 aliphatic carbocycles. The van der Waals surface area contributed by atoms with Gasteiger partial charge in [0.1, 0.15) is 17.7 Å². The number of piperidine rings is 1. The first-order chi connectivity index (χ1) is 29.6. The number of fused-ring (bicyclic) bond motifs is 1. The number of rotatable bonds is 18. The summed E-state index contributed by atoms with van der Waals surface area (Å²) in [4.78, 5) is 73.2. The highest BCUT2D eigenvalue weighted by Crippen LogP contribution is 2.34. The van der Waals surface area contributed by atoms with Crippen molar-refractivity contribution >= 4 is 58.5 Å². The van der Waals surface area contributed by atoms with E-state index in [1.807, 2.05) is 24.3 Å². The minimum Gasteiger partial charge on any atom is -0.381 e. The van der Waals surface area contributed by atoms with Crippen LogP contribution in [0.4, 0.5) is 17.3 Å². The van der Waals surface area contributed by atoms with Crippen molar-refractivity contribution in [3.63, 3.8) is 0 Å². The van der Waals surface area contributed by atoms with Crippen LogP contribution in [-0.4, -0.2) is 102 Å². The number of nitrogens with one attached hydrogen (secondary N) is 6. The van der Waals surface area contributed by atoms with E-state index in [-0.39, 0.29) is 36.4 Å². The number of imide groups is 2. The molecule has 0 radical (unpaired) electrons. The smallest absolute Gasteiger partial charge is 0.264 e. The Morgan fingerprint density at radius 1 is 0.902 bits per heavy atom. The fourth-order valence-electron chi connectivity index (χ4n) is 8.44. The number of hydrogen-bond donors (Lipinski definition) is 6. The zero-order valence-corrected chi connectivity index (χ0v) is 35.0. The third-order valence-corrected chi connectivity index (χ3v) is 12.3. The molecular weight excluding hydrogens is 800 g/mol. The second-order valence-corrected chi connectivity index (χ2v) is 16.7. The lowest BCUT2D eigenvalue weighted by atomic mass is 9.82. The number of pyridine rings is 2. The number of unbranched alkanes of at least 4 members (excludes halogenated alkanes) is 3. The van der Waals surface area contributed by atoms with Crippen molar-refractivity contribution in [2.45, 2.75) is 95.2 Å². The van der Waals surface area contributed by atoms with E-state index in [9.17, 15) is 29.2 Å². The molecule has 61 heavy (non-hydrogen) atoms. The molecule has 7 rings (SSSR count). The number of aromatic nitrogens is 2. The number of amides is 5. The van der Waals surface area contributed by atoms with Crippen molar-refractivity contribution < 1.29 is 28.7 Å². The molecule has 2 aromatic heterocycles. The third kappa shape index (κ3) is 10.8. The van der Waals surface area contributed by atoms with E-state index in [4.69, 9.17) is 21.3 Å². The Morgan fingerprint density at radius 3 is 2.43 bits per heavy atom. The molecule has 0 bridgehead atoms. The number of nitriles is 1. The normalized spacial score (nSPS) is 21.0. The Labute approximate surface area is 360 Å². The van der Waals surface area contributed by atoms with Crippen LogP contribution in [0.3, 0.4) is 0 Å². The zero-order chi connectivity index (χ0) is 42.8. The molecule has 1 unspecified atom stereocenters. The van der Waals surface area contributed by atoms with Gasteiger partial charge in [-0.05, 0) is 94.7 Å². The van der Waals surface area contributed by atoms with Crippen molar-refractivity contribution in [1.82, 2.24) is 30.8 Å². The summed E-state index contributed by atoms with van der Waals surface area (Å²) in [6.07, 6.45) is 11.3. The summed E-state index contributed by atoms with van der Waals surface area (Å²) in [5.74, 6) is -1.09. The van der Waals surface area contributed by atoms with Gasteiger partial charge >= 0.3 is 0 Å². The molecule has 16 nitrogen and oxygen atoms in total. The summed E-state index contributed by atoms with van der Waals surface area (Å²) >= 11 is 6.61. The third-order valence-electron chi connectivity index (χ3n) is 12.0. The van der Waals surface area contributed by atoms with Gasteiger partial charge in [-0.25, -0.2) is 9.97 Å². The number of benzene rings is 1. The van der Waals surface area contributed by atoms with Crippen LogP contribution in [0.2, 0.25) is 5.02 Å². The van der Waals surface area contributed by atoms with Crippen LogP contribution in [0.5, 0.6) is 0 Å². The highest BCUT2D eigenvalue weighted by molar-refractivity contribution is 6.33. The molecule has 3 aliphatic heterocycles. The molecule has 3 aromatic rings. The van der Waals surface area contributed by atoms with E-state index in [1.54, 1.807) is 18.3 Å². The van der Waals surface area contributed by atoms with Crippen LogP contribution in [0.1, 0.15) is 97.8 Å². The molecule has 322 valence electrons. The number of hydrogen-bond acceptors (Lipinski definition) is 13. The number of nitrogens with zero attached hydrogens (tertiary/aromatic N) is 4. The number of halogens is 1. The maximum Gasteiger partial charge on any atom is 0.264 e. The Bertz CT molecular complexity index is 2150. The molecule has 1 atom stereocenters. The van der Waals surface area contributed by atoms with Gasteiger partial charge in [0.25, 0.3) is 11.8 Å². The lowest BCUT2D eigenvalue weighted by molar-refractivity contribution is -0.136. The van der Waals surface area contributed by atoms with Crippen molar-refractivity contribution in [2.24, 2.45) is 5.41 Å². The molecule has 5 heterocycles. The number of carbonyl (C=O) groups is 5. The molecule has 1 saturated carbocycles. The summed E-state index contributed by atoms with van der Waals surface area (Å²) in [6, 6.07) is 14.7. The maximum atomic E-state index is 13.3. The maximum absolute atomic E-state index is 13.3. The minimum absolute atomic E-state index is 0.0409. The lowest BCUT2D eigenvalue weighted by Gasteiger charge is -2.30. The van der Waals surface area contributed by atoms with Crippen LogP contribution in [0.15, 0.2) is 48.7 Å². The standard InChI is InChI=1S/C44H53ClN10O6/c45-32-24-50-37(23-31(32)33-8-6-10-36(53-33)51-27-44(26-46)17-21-61-22-18-44)52-29-13-11-28(12-14-29)47-19-3-1-2-4-20-48-39(57)25-49-34-9-5-7-30-40(34)43(60)55(42(30)59)35-15-16-38(56)54-41(35)58/h5-10,23-24,28-29,35,47,49H,1-4,11-22,25,27H2,(H,48,57)(H,50,52)(H,51,53)(H,54,56,58). The van der Waals surface area contributed by atoms with E-state index in [0.717, 1.165) is 79.9 Å². The average molecular weight is 853 g/mol. The molecule has 4 aliphatic rings. The predicted molar refractivity (Wildman–Crippen MR) is 230 cm³/mol. The second-order valence-electron chi connectivity index (χ2n) is 16.3. The van der Waals surface area contributed by atoms with Crippen molar-refractivity contribution in [3.8, 4) is 17.3 Å². The van der Waals surface area contributed by atoms with Crippen LogP contribution in [-0.2, 0) is 19.1 Å². The van der Waals surface area contributed by atoms with Gasteiger partial charge in [-0.1, -0.05) is 36.6 Å². The number of anilines is 3. The fourth-order valence-corrected chi connectivity index (χ4v) is 8.64. The monoisotopic (exact) mass is 852 g/mol. The Kier molecular flexibility index (Phi) is 14.5. The molecule has 3 fully saturated rings. The average Bonchev–Trinajstić information content (AvgIpc) is 3.53. The molecule has 5 amide bonds. The largest absolute Gasteiger partial charge is 0.381 e. The van der Waals surface area contributed by atoms with E-state index in [0.29, 0.717) is 67.8 Å². The predicted octanol–water partition coefficient (Wildman–Crippen LogP) is 5.03. The number of ether oxygens (including phenoxy) is 1. The van der Waals surface area contributed by atoms with Gasteiger partial charge in [0, 0.05) is 62.3 Å². The van der Waals surface area contributed by atoms with Crippen LogP contribution in [0.25, 0.3) is 11.3 Å². The molecular formula is C44H53ClN10O6. The lowest BCUT2D eigenvalue weighted by Crippen LogP contribution is -2.54. The highest BCUT2D eigenvalue weighted by Gasteiger charge is 2.45. The van der Waals surface area contributed by atoms with Gasteiger partial charge < -0.3 is 31.3 Å². The van der Waals surface area contributed by atoms with E-state index >= 15 is 0 Å². The van der Waals surface area contributed by atoms with Gasteiger partial charge in [-0.15, -0.1) is 0 Å². The van der Waals surface area contributed by atoms with Gasteiger partial charge in [0.2, 0.25) is 17.7 Å². The molecule has 1 aromatic carbocycles. The summed E-state index contributed by atoms with van der Waals surface area (Å²) in [6.45, 7) is 3.09.